The fraction of sp³-hybridized carbons (Fsp3) is 0.571. The van der Waals surface area contributed by atoms with Gasteiger partial charge >= 0.3 is 5.63 Å². The third-order valence-electron chi connectivity index (χ3n) is 5.68. The van der Waals surface area contributed by atoms with Crippen molar-refractivity contribution in [3.05, 3.63) is 51.1 Å². The maximum absolute atomic E-state index is 12.7. The molecule has 1 unspecified atom stereocenters. The van der Waals surface area contributed by atoms with Crippen molar-refractivity contribution in [2.45, 2.75) is 70.1 Å². The number of rotatable bonds is 3. The van der Waals surface area contributed by atoms with Crippen molar-refractivity contribution in [1.29, 1.82) is 0 Å². The van der Waals surface area contributed by atoms with Gasteiger partial charge in [0.2, 0.25) is 0 Å². The number of aromatic hydroxyl groups is 1. The molecule has 3 nitrogen and oxygen atoms in total. The smallest absolute Gasteiger partial charge is 0.343 e. The van der Waals surface area contributed by atoms with Crippen LogP contribution in [0.5, 0.6) is 5.75 Å². The zero-order valence-electron chi connectivity index (χ0n) is 14.2. The highest BCUT2D eigenvalue weighted by atomic mass is 16.4. The molecule has 0 bridgehead atoms. The molecule has 1 aromatic heterocycles. The first-order valence-electron chi connectivity index (χ1n) is 9.50. The number of hydrogen-bond donors (Lipinski definition) is 1. The molecule has 3 heteroatoms. The third kappa shape index (κ3) is 2.97. The van der Waals surface area contributed by atoms with E-state index in [9.17, 15) is 9.90 Å². The summed E-state index contributed by atoms with van der Waals surface area (Å²) >= 11 is 0. The first kappa shape index (κ1) is 15.7. The van der Waals surface area contributed by atoms with E-state index in [1.807, 2.05) is 0 Å². The molecule has 1 fully saturated rings. The van der Waals surface area contributed by atoms with E-state index in [-0.39, 0.29) is 17.3 Å². The molecule has 0 aliphatic heterocycles. The molecule has 0 aromatic carbocycles. The summed E-state index contributed by atoms with van der Waals surface area (Å²) < 4.78 is 5.73. The largest absolute Gasteiger partial charge is 0.507 e. The highest BCUT2D eigenvalue weighted by molar-refractivity contribution is 5.48. The summed E-state index contributed by atoms with van der Waals surface area (Å²) in [6.07, 6.45) is 17.0. The van der Waals surface area contributed by atoms with Crippen LogP contribution in [0.4, 0.5) is 0 Å². The first-order chi connectivity index (χ1) is 11.8. The molecule has 0 amide bonds. The van der Waals surface area contributed by atoms with Gasteiger partial charge in [-0.15, -0.1) is 0 Å². The van der Waals surface area contributed by atoms with Gasteiger partial charge < -0.3 is 9.52 Å². The molecule has 1 aromatic rings. The van der Waals surface area contributed by atoms with Gasteiger partial charge in [-0.05, 0) is 56.4 Å². The fourth-order valence-corrected chi connectivity index (χ4v) is 4.26. The van der Waals surface area contributed by atoms with Gasteiger partial charge in [-0.25, -0.2) is 4.79 Å². The Kier molecular flexibility index (Phi) is 4.34. The van der Waals surface area contributed by atoms with Crippen LogP contribution < -0.4 is 5.63 Å². The summed E-state index contributed by atoms with van der Waals surface area (Å²) in [6, 6.07) is 0. The quantitative estimate of drug-likeness (QED) is 0.870. The summed E-state index contributed by atoms with van der Waals surface area (Å²) in [5, 5.41) is 11.0. The van der Waals surface area contributed by atoms with E-state index in [1.54, 1.807) is 0 Å². The summed E-state index contributed by atoms with van der Waals surface area (Å²) in [5.41, 5.74) is 2.30. The molecule has 4 rings (SSSR count). The number of aryl methyl sites for hydroxylation is 1. The average Bonchev–Trinajstić information content (AvgIpc) is 3.39. The van der Waals surface area contributed by atoms with Crippen molar-refractivity contribution in [2.75, 3.05) is 0 Å². The Morgan fingerprint density at radius 1 is 1.08 bits per heavy atom. The van der Waals surface area contributed by atoms with Gasteiger partial charge in [0, 0.05) is 17.9 Å². The van der Waals surface area contributed by atoms with Crippen molar-refractivity contribution in [3.8, 4) is 5.75 Å². The number of hydrogen-bond acceptors (Lipinski definition) is 3. The topological polar surface area (TPSA) is 50.4 Å². The molecule has 0 saturated heterocycles. The van der Waals surface area contributed by atoms with Crippen LogP contribution >= 0.6 is 0 Å². The van der Waals surface area contributed by atoms with Crippen molar-refractivity contribution >= 4 is 0 Å². The first-order valence-corrected chi connectivity index (χ1v) is 9.50. The minimum absolute atomic E-state index is 0.00791. The molecular formula is C21H26O3. The molecule has 1 saturated carbocycles. The van der Waals surface area contributed by atoms with Gasteiger partial charge in [0.15, 0.2) is 0 Å². The number of allylic oxidation sites excluding steroid dienone is 4. The van der Waals surface area contributed by atoms with E-state index in [0.717, 1.165) is 62.7 Å². The number of fused-ring (bicyclic) bond motifs is 1. The van der Waals surface area contributed by atoms with E-state index < -0.39 is 0 Å². The standard InChI is InChI=1S/C21H26O3/c22-20-16-10-6-1-2-7-11-17(16)24-21(23)19(20)18(15-12-13-15)14-8-4-3-5-9-14/h4,8-9,15,18,22H,1-3,5-7,10-13H2. The molecule has 3 aliphatic carbocycles. The summed E-state index contributed by atoms with van der Waals surface area (Å²) in [6.45, 7) is 0. The van der Waals surface area contributed by atoms with Crippen LogP contribution in [0.3, 0.4) is 0 Å². The lowest BCUT2D eigenvalue weighted by molar-refractivity contribution is 0.382. The Morgan fingerprint density at radius 3 is 2.58 bits per heavy atom. The van der Waals surface area contributed by atoms with E-state index >= 15 is 0 Å². The maximum atomic E-state index is 12.7. The second kappa shape index (κ2) is 6.62. The van der Waals surface area contributed by atoms with E-state index in [2.05, 4.69) is 18.2 Å². The molecule has 3 aliphatic rings. The van der Waals surface area contributed by atoms with E-state index in [1.165, 1.54) is 18.4 Å². The summed E-state index contributed by atoms with van der Waals surface area (Å²) in [5.74, 6) is 1.44. The Morgan fingerprint density at radius 2 is 1.88 bits per heavy atom. The molecule has 1 heterocycles. The highest BCUT2D eigenvalue weighted by Crippen LogP contribution is 2.49. The monoisotopic (exact) mass is 326 g/mol. The van der Waals surface area contributed by atoms with Crippen LogP contribution in [-0.2, 0) is 12.8 Å². The van der Waals surface area contributed by atoms with Gasteiger partial charge in [0.05, 0.1) is 5.56 Å². The minimum atomic E-state index is -0.316. The second-order valence-electron chi connectivity index (χ2n) is 7.47. The van der Waals surface area contributed by atoms with Gasteiger partial charge in [-0.3, -0.25) is 0 Å². The molecule has 1 N–H and O–H groups in total. The molecule has 1 atom stereocenters. The van der Waals surface area contributed by atoms with Crippen LogP contribution in [0.2, 0.25) is 0 Å². The van der Waals surface area contributed by atoms with Gasteiger partial charge in [0.25, 0.3) is 0 Å². The predicted octanol–water partition coefficient (Wildman–Crippen LogP) is 4.77. The molecule has 24 heavy (non-hydrogen) atoms. The third-order valence-corrected chi connectivity index (χ3v) is 5.68. The summed E-state index contributed by atoms with van der Waals surface area (Å²) in [4.78, 5) is 12.7. The molecule has 0 spiro atoms. The van der Waals surface area contributed by atoms with Crippen molar-refractivity contribution < 1.29 is 9.52 Å². The van der Waals surface area contributed by atoms with Crippen LogP contribution in [0, 0.1) is 5.92 Å². The maximum Gasteiger partial charge on any atom is 0.343 e. The molecule has 0 radical (unpaired) electrons. The van der Waals surface area contributed by atoms with Crippen molar-refractivity contribution in [1.82, 2.24) is 0 Å². The second-order valence-corrected chi connectivity index (χ2v) is 7.47. The Hall–Kier alpha value is -1.77. The van der Waals surface area contributed by atoms with Crippen LogP contribution in [-0.4, -0.2) is 5.11 Å². The Labute approximate surface area is 143 Å². The fourth-order valence-electron chi connectivity index (χ4n) is 4.26. The molecule has 128 valence electrons. The van der Waals surface area contributed by atoms with Crippen LogP contribution in [0.25, 0.3) is 0 Å². The average molecular weight is 326 g/mol. The van der Waals surface area contributed by atoms with Crippen molar-refractivity contribution in [2.24, 2.45) is 5.92 Å². The zero-order chi connectivity index (χ0) is 16.5. The normalized spacial score (nSPS) is 22.2. The van der Waals surface area contributed by atoms with Crippen molar-refractivity contribution in [3.63, 3.8) is 0 Å². The lowest BCUT2D eigenvalue weighted by Crippen LogP contribution is -2.19. The lowest BCUT2D eigenvalue weighted by Gasteiger charge is -2.23. The predicted molar refractivity (Wildman–Crippen MR) is 94.4 cm³/mol. The lowest BCUT2D eigenvalue weighted by atomic mass is 9.83. The van der Waals surface area contributed by atoms with E-state index in [4.69, 9.17) is 4.42 Å². The summed E-state index contributed by atoms with van der Waals surface area (Å²) in [7, 11) is 0. The van der Waals surface area contributed by atoms with Gasteiger partial charge in [-0.1, -0.05) is 31.1 Å². The Balaban J connectivity index is 1.81. The zero-order valence-corrected chi connectivity index (χ0v) is 14.2. The highest BCUT2D eigenvalue weighted by Gasteiger charge is 2.39. The van der Waals surface area contributed by atoms with E-state index in [0.29, 0.717) is 11.5 Å². The molecular weight excluding hydrogens is 300 g/mol. The van der Waals surface area contributed by atoms with Gasteiger partial charge in [0.1, 0.15) is 11.5 Å². The Bertz CT molecular complexity index is 734. The van der Waals surface area contributed by atoms with Crippen LogP contribution in [0.1, 0.15) is 74.2 Å². The van der Waals surface area contributed by atoms with Crippen LogP contribution in [0.15, 0.2) is 33.0 Å². The minimum Gasteiger partial charge on any atom is -0.507 e. The SMILES string of the molecule is O=c1oc2c(c(O)c1C(C1=CCCC=C1)C1CC1)CCCCCC2. The van der Waals surface area contributed by atoms with Gasteiger partial charge in [-0.2, -0.15) is 0 Å².